The summed E-state index contributed by atoms with van der Waals surface area (Å²) in [7, 11) is 0. The first-order valence-electron chi connectivity index (χ1n) is 12.1. The molecular formula is C26H33N3O6. The third-order valence-electron chi connectivity index (χ3n) is 5.89. The molecule has 1 aliphatic carbocycles. The van der Waals surface area contributed by atoms with Gasteiger partial charge in [0.15, 0.2) is 0 Å². The summed E-state index contributed by atoms with van der Waals surface area (Å²) in [4.78, 5) is 11.9. The molecule has 1 fully saturated rings. The monoisotopic (exact) mass is 483 g/mol. The normalized spacial score (nSPS) is 14.8. The van der Waals surface area contributed by atoms with Gasteiger partial charge in [-0.15, -0.1) is 0 Å². The van der Waals surface area contributed by atoms with Gasteiger partial charge in [-0.2, -0.15) is 0 Å². The number of anilines is 1. The third-order valence-corrected chi connectivity index (χ3v) is 5.89. The van der Waals surface area contributed by atoms with Gasteiger partial charge in [-0.3, -0.25) is 0 Å². The van der Waals surface area contributed by atoms with E-state index in [1.807, 2.05) is 24.3 Å². The molecule has 0 spiro atoms. The van der Waals surface area contributed by atoms with Gasteiger partial charge in [-0.1, -0.05) is 12.8 Å². The number of hydrogen-bond donors (Lipinski definition) is 5. The summed E-state index contributed by atoms with van der Waals surface area (Å²) < 4.78 is 17.4. The Morgan fingerprint density at radius 3 is 2.66 bits per heavy atom. The van der Waals surface area contributed by atoms with Crippen molar-refractivity contribution in [2.24, 2.45) is 0 Å². The maximum absolute atomic E-state index is 11.9. The van der Waals surface area contributed by atoms with Crippen LogP contribution in [0.25, 0.3) is 11.0 Å². The van der Waals surface area contributed by atoms with Gasteiger partial charge >= 0.3 is 6.03 Å². The van der Waals surface area contributed by atoms with E-state index >= 15 is 0 Å². The maximum Gasteiger partial charge on any atom is 0.319 e. The molecule has 5 N–H and O–H groups in total. The summed E-state index contributed by atoms with van der Waals surface area (Å²) >= 11 is 0. The van der Waals surface area contributed by atoms with Crippen LogP contribution in [0.15, 0.2) is 52.9 Å². The minimum absolute atomic E-state index is 0.136. The molecule has 4 rings (SSSR count). The Morgan fingerprint density at radius 2 is 1.86 bits per heavy atom. The zero-order valence-electron chi connectivity index (χ0n) is 19.7. The topological polar surface area (TPSA) is 125 Å². The average Bonchev–Trinajstić information content (AvgIpc) is 3.52. The van der Waals surface area contributed by atoms with Crippen LogP contribution in [0.3, 0.4) is 0 Å². The minimum Gasteiger partial charge on any atom is -0.508 e. The molecule has 188 valence electrons. The number of furan rings is 1. The number of hydrogen-bond acceptors (Lipinski definition) is 7. The van der Waals surface area contributed by atoms with Crippen molar-refractivity contribution in [3.05, 3.63) is 54.3 Å². The Hall–Kier alpha value is -3.27. The number of amides is 2. The van der Waals surface area contributed by atoms with E-state index in [2.05, 4.69) is 16.0 Å². The first-order chi connectivity index (χ1) is 17.1. The minimum atomic E-state index is -0.822. The van der Waals surface area contributed by atoms with Crippen LogP contribution < -0.4 is 20.7 Å². The van der Waals surface area contributed by atoms with Crippen LogP contribution in [0.5, 0.6) is 11.5 Å². The highest BCUT2D eigenvalue weighted by atomic mass is 16.5. The van der Waals surface area contributed by atoms with E-state index in [4.69, 9.17) is 13.9 Å². The van der Waals surface area contributed by atoms with Crippen molar-refractivity contribution < 1.29 is 28.9 Å². The number of rotatable bonds is 12. The zero-order valence-corrected chi connectivity index (χ0v) is 19.7. The van der Waals surface area contributed by atoms with E-state index in [9.17, 15) is 15.0 Å². The summed E-state index contributed by atoms with van der Waals surface area (Å²) in [6.07, 6.45) is 4.36. The predicted molar refractivity (Wildman–Crippen MR) is 133 cm³/mol. The molecule has 1 heterocycles. The quantitative estimate of drug-likeness (QED) is 0.195. The van der Waals surface area contributed by atoms with Crippen molar-refractivity contribution >= 4 is 22.7 Å². The van der Waals surface area contributed by atoms with E-state index in [1.54, 1.807) is 12.1 Å². The first kappa shape index (κ1) is 24.8. The summed E-state index contributed by atoms with van der Waals surface area (Å²) in [5.41, 5.74) is 1.26. The zero-order chi connectivity index (χ0) is 24.5. The number of urea groups is 1. The number of carbonyl (C=O) groups is 1. The summed E-state index contributed by atoms with van der Waals surface area (Å²) in [6.45, 7) is 2.21. The number of aliphatic hydroxyl groups excluding tert-OH is 1. The van der Waals surface area contributed by atoms with Gasteiger partial charge in [0.25, 0.3) is 0 Å². The summed E-state index contributed by atoms with van der Waals surface area (Å²) in [6, 6.07) is 13.3. The molecule has 35 heavy (non-hydrogen) atoms. The fourth-order valence-corrected chi connectivity index (χ4v) is 4.05. The number of fused-ring (bicyclic) bond motifs is 1. The lowest BCUT2D eigenvalue weighted by molar-refractivity contribution is 0.0382. The molecule has 9 nitrogen and oxygen atoms in total. The maximum atomic E-state index is 11.9. The van der Waals surface area contributed by atoms with Gasteiger partial charge in [-0.25, -0.2) is 4.79 Å². The van der Waals surface area contributed by atoms with Gasteiger partial charge < -0.3 is 40.1 Å². The molecule has 0 radical (unpaired) electrons. The second-order valence-corrected chi connectivity index (χ2v) is 8.62. The van der Waals surface area contributed by atoms with E-state index in [0.29, 0.717) is 49.4 Å². The number of aromatic hydroxyl groups is 1. The second-order valence-electron chi connectivity index (χ2n) is 8.62. The SMILES string of the molecule is O=C(NCCNCC(O)c1cc2cc(OCCOC3CCCC3)ccc2o1)Nc1ccc(O)cc1. The molecule has 9 heteroatoms. The average molecular weight is 484 g/mol. The lowest BCUT2D eigenvalue weighted by Gasteiger charge is -2.11. The van der Waals surface area contributed by atoms with Gasteiger partial charge in [-0.05, 0) is 61.4 Å². The number of phenolic OH excluding ortho intramolecular Hbond substituents is 1. The predicted octanol–water partition coefficient (Wildman–Crippen LogP) is 3.92. The molecule has 1 atom stereocenters. The van der Waals surface area contributed by atoms with Crippen LogP contribution in [0, 0.1) is 0 Å². The number of phenols is 1. The molecule has 0 saturated heterocycles. The highest BCUT2D eigenvalue weighted by molar-refractivity contribution is 5.89. The molecule has 0 bridgehead atoms. The van der Waals surface area contributed by atoms with Crippen molar-refractivity contribution in [2.45, 2.75) is 37.9 Å². The van der Waals surface area contributed by atoms with Crippen LogP contribution >= 0.6 is 0 Å². The van der Waals surface area contributed by atoms with Gasteiger partial charge in [0.1, 0.15) is 35.6 Å². The standard InChI is InChI=1S/C26H33N3O6/c30-20-7-5-19(6-8-20)29-26(32)28-12-11-27-17-23(31)25-16-18-15-22(9-10-24(18)35-25)34-14-13-33-21-3-1-2-4-21/h5-10,15-16,21,23,27,30-31H,1-4,11-14,17H2,(H2,28,29,32). The molecular weight excluding hydrogens is 450 g/mol. The Kier molecular flexibility index (Phi) is 8.83. The van der Waals surface area contributed by atoms with Crippen molar-refractivity contribution in [3.63, 3.8) is 0 Å². The Morgan fingerprint density at radius 1 is 1.06 bits per heavy atom. The molecule has 1 saturated carbocycles. The highest BCUT2D eigenvalue weighted by Crippen LogP contribution is 2.27. The van der Waals surface area contributed by atoms with E-state index in [-0.39, 0.29) is 18.3 Å². The van der Waals surface area contributed by atoms with Crippen LogP contribution in [0.2, 0.25) is 0 Å². The lowest BCUT2D eigenvalue weighted by Crippen LogP contribution is -2.35. The number of benzene rings is 2. The first-order valence-corrected chi connectivity index (χ1v) is 12.1. The van der Waals surface area contributed by atoms with E-state index in [0.717, 1.165) is 24.0 Å². The number of nitrogens with one attached hydrogen (secondary N) is 3. The molecule has 3 aromatic rings. The van der Waals surface area contributed by atoms with E-state index in [1.165, 1.54) is 25.0 Å². The fraction of sp³-hybridized carbons (Fsp3) is 0.423. The van der Waals surface area contributed by atoms with Crippen LogP contribution in [-0.4, -0.2) is 55.2 Å². The number of ether oxygens (including phenoxy) is 2. The Balaban J connectivity index is 1.14. The van der Waals surface area contributed by atoms with E-state index < -0.39 is 6.10 Å². The Labute approximate surface area is 204 Å². The summed E-state index contributed by atoms with van der Waals surface area (Å²) in [5, 5.41) is 29.1. The van der Waals surface area contributed by atoms with Gasteiger partial charge in [0.05, 0.1) is 12.7 Å². The lowest BCUT2D eigenvalue weighted by atomic mass is 10.2. The van der Waals surface area contributed by atoms with Crippen LogP contribution in [0.1, 0.15) is 37.5 Å². The molecule has 2 amide bonds. The van der Waals surface area contributed by atoms with Crippen LogP contribution in [-0.2, 0) is 4.74 Å². The van der Waals surface area contributed by atoms with Crippen LogP contribution in [0.4, 0.5) is 10.5 Å². The largest absolute Gasteiger partial charge is 0.508 e. The second kappa shape index (κ2) is 12.4. The number of carbonyl (C=O) groups excluding carboxylic acids is 1. The Bertz CT molecular complexity index is 1080. The molecule has 2 aromatic carbocycles. The van der Waals surface area contributed by atoms with Crippen molar-refractivity contribution in [3.8, 4) is 11.5 Å². The molecule has 1 unspecified atom stereocenters. The van der Waals surface area contributed by atoms with Crippen molar-refractivity contribution in [1.82, 2.24) is 10.6 Å². The van der Waals surface area contributed by atoms with Gasteiger partial charge in [0, 0.05) is 30.7 Å². The van der Waals surface area contributed by atoms with Gasteiger partial charge in [0.2, 0.25) is 0 Å². The third kappa shape index (κ3) is 7.61. The molecule has 1 aromatic heterocycles. The molecule has 0 aliphatic heterocycles. The number of aliphatic hydroxyl groups is 1. The van der Waals surface area contributed by atoms with Crippen molar-refractivity contribution in [2.75, 3.05) is 38.2 Å². The smallest absolute Gasteiger partial charge is 0.319 e. The van der Waals surface area contributed by atoms with Crippen molar-refractivity contribution in [1.29, 1.82) is 0 Å². The fourth-order valence-electron chi connectivity index (χ4n) is 4.05. The molecule has 1 aliphatic rings. The highest BCUT2D eigenvalue weighted by Gasteiger charge is 2.16. The summed E-state index contributed by atoms with van der Waals surface area (Å²) in [5.74, 6) is 1.34.